The molecule has 98 valence electrons. The molecule has 1 heterocycles. The number of thiophene rings is 1. The van der Waals surface area contributed by atoms with E-state index in [9.17, 15) is 4.79 Å². The number of nitrogens with zero attached hydrogens (tertiary/aromatic N) is 1. The third-order valence-electron chi connectivity index (χ3n) is 2.66. The lowest BCUT2D eigenvalue weighted by Crippen LogP contribution is -2.25. The molecule has 0 saturated heterocycles. The Morgan fingerprint density at radius 1 is 1.32 bits per heavy atom. The Hall–Kier alpha value is -1.24. The summed E-state index contributed by atoms with van der Waals surface area (Å²) < 4.78 is 0.814. The van der Waals surface area contributed by atoms with E-state index in [1.807, 2.05) is 35.7 Å². The number of amides is 1. The minimum atomic E-state index is -0.0510. The second-order valence-corrected chi connectivity index (χ2v) is 6.08. The fourth-order valence-corrected chi connectivity index (χ4v) is 3.22. The minimum Gasteiger partial charge on any atom is -0.389 e. The topological polar surface area (TPSA) is 46.3 Å². The molecule has 1 aromatic heterocycles. The van der Waals surface area contributed by atoms with E-state index in [0.29, 0.717) is 9.87 Å². The SMILES string of the molecule is CN(C(=O)c1sccc1Br)c1ccc(C(N)=S)cc1. The van der Waals surface area contributed by atoms with Crippen molar-refractivity contribution in [1.29, 1.82) is 0 Å². The average molecular weight is 355 g/mol. The molecule has 1 amide bonds. The lowest BCUT2D eigenvalue weighted by Gasteiger charge is -2.17. The van der Waals surface area contributed by atoms with E-state index in [4.69, 9.17) is 18.0 Å². The number of nitrogens with two attached hydrogens (primary N) is 1. The van der Waals surface area contributed by atoms with Crippen LogP contribution in [0.1, 0.15) is 15.2 Å². The minimum absolute atomic E-state index is 0.0510. The van der Waals surface area contributed by atoms with Gasteiger partial charge in [0.25, 0.3) is 5.91 Å². The van der Waals surface area contributed by atoms with Crippen LogP contribution in [0.4, 0.5) is 5.69 Å². The molecule has 0 aliphatic carbocycles. The van der Waals surface area contributed by atoms with Crippen LogP contribution in [0.5, 0.6) is 0 Å². The first-order valence-corrected chi connectivity index (χ1v) is 7.49. The van der Waals surface area contributed by atoms with E-state index in [1.165, 1.54) is 11.3 Å². The molecule has 0 aliphatic heterocycles. The summed E-state index contributed by atoms with van der Waals surface area (Å²) in [4.78, 5) is 14.9. The average Bonchev–Trinajstić information content (AvgIpc) is 2.83. The number of halogens is 1. The third-order valence-corrected chi connectivity index (χ3v) is 4.72. The van der Waals surface area contributed by atoms with Gasteiger partial charge in [-0.15, -0.1) is 11.3 Å². The highest BCUT2D eigenvalue weighted by Gasteiger charge is 2.17. The van der Waals surface area contributed by atoms with Crippen LogP contribution in [-0.4, -0.2) is 17.9 Å². The van der Waals surface area contributed by atoms with Crippen molar-refractivity contribution in [3.63, 3.8) is 0 Å². The fourth-order valence-electron chi connectivity index (χ4n) is 1.57. The van der Waals surface area contributed by atoms with Crippen molar-refractivity contribution >= 4 is 56.1 Å². The van der Waals surface area contributed by atoms with Crippen LogP contribution in [0.3, 0.4) is 0 Å². The van der Waals surface area contributed by atoms with Gasteiger partial charge in [-0.3, -0.25) is 4.79 Å². The Morgan fingerprint density at radius 3 is 2.42 bits per heavy atom. The normalized spacial score (nSPS) is 10.2. The van der Waals surface area contributed by atoms with E-state index in [2.05, 4.69) is 15.9 Å². The summed E-state index contributed by atoms with van der Waals surface area (Å²) >= 11 is 9.67. The monoisotopic (exact) mass is 354 g/mol. The second-order valence-electron chi connectivity index (χ2n) is 3.87. The maximum absolute atomic E-state index is 12.3. The van der Waals surface area contributed by atoms with Gasteiger partial charge in [-0.1, -0.05) is 12.2 Å². The number of benzene rings is 1. The molecule has 2 aromatic rings. The standard InChI is InChI=1S/C13H11BrN2OS2/c1-16(13(17)11-10(14)6-7-19-11)9-4-2-8(3-5-9)12(15)18/h2-7H,1H3,(H2,15,18). The van der Waals surface area contributed by atoms with Crippen LogP contribution < -0.4 is 10.6 Å². The van der Waals surface area contributed by atoms with Gasteiger partial charge in [0.15, 0.2) is 0 Å². The number of carbonyl (C=O) groups excluding carboxylic acids is 1. The molecule has 0 atom stereocenters. The molecule has 2 N–H and O–H groups in total. The van der Waals surface area contributed by atoms with Crippen molar-refractivity contribution < 1.29 is 4.79 Å². The summed E-state index contributed by atoms with van der Waals surface area (Å²) in [7, 11) is 1.74. The molecule has 2 rings (SSSR count). The summed E-state index contributed by atoms with van der Waals surface area (Å²) in [6, 6.07) is 9.14. The number of carbonyl (C=O) groups is 1. The molecule has 0 radical (unpaired) electrons. The third kappa shape index (κ3) is 3.02. The van der Waals surface area contributed by atoms with Crippen LogP contribution in [0.15, 0.2) is 40.2 Å². The largest absolute Gasteiger partial charge is 0.389 e. The van der Waals surface area contributed by atoms with E-state index >= 15 is 0 Å². The molecule has 1 aromatic carbocycles. The highest BCUT2D eigenvalue weighted by atomic mass is 79.9. The van der Waals surface area contributed by atoms with Crippen molar-refractivity contribution in [2.45, 2.75) is 0 Å². The number of anilines is 1. The quantitative estimate of drug-likeness (QED) is 0.859. The molecule has 0 fully saturated rings. The van der Waals surface area contributed by atoms with Gasteiger partial charge in [0, 0.05) is 22.8 Å². The Balaban J connectivity index is 2.24. The van der Waals surface area contributed by atoms with Crippen molar-refractivity contribution in [1.82, 2.24) is 0 Å². The molecular weight excluding hydrogens is 344 g/mol. The number of hydrogen-bond donors (Lipinski definition) is 1. The number of rotatable bonds is 3. The summed E-state index contributed by atoms with van der Waals surface area (Å²) in [5, 5.41) is 1.88. The molecule has 0 bridgehead atoms. The summed E-state index contributed by atoms with van der Waals surface area (Å²) in [5.41, 5.74) is 7.13. The molecule has 6 heteroatoms. The van der Waals surface area contributed by atoms with Crippen LogP contribution in [-0.2, 0) is 0 Å². The maximum atomic E-state index is 12.3. The Labute approximate surface area is 129 Å². The molecule has 0 aliphatic rings. The first kappa shape index (κ1) is 14.2. The number of thiocarbonyl (C=S) groups is 1. The molecule has 3 nitrogen and oxygen atoms in total. The Bertz CT molecular complexity index is 622. The zero-order valence-corrected chi connectivity index (χ0v) is 13.3. The van der Waals surface area contributed by atoms with Crippen LogP contribution in [0, 0.1) is 0 Å². The Kier molecular flexibility index (Phi) is 4.34. The first-order chi connectivity index (χ1) is 9.00. The van der Waals surface area contributed by atoms with Crippen LogP contribution in [0.25, 0.3) is 0 Å². The summed E-state index contributed by atoms with van der Waals surface area (Å²) in [5.74, 6) is -0.0510. The zero-order chi connectivity index (χ0) is 14.0. The smallest absolute Gasteiger partial charge is 0.269 e. The lowest BCUT2D eigenvalue weighted by atomic mass is 10.2. The van der Waals surface area contributed by atoms with Gasteiger partial charge in [0.05, 0.1) is 0 Å². The molecular formula is C13H11BrN2OS2. The van der Waals surface area contributed by atoms with Crippen molar-refractivity contribution in [2.75, 3.05) is 11.9 Å². The zero-order valence-electron chi connectivity index (χ0n) is 10.1. The van der Waals surface area contributed by atoms with Gasteiger partial charge in [0.2, 0.25) is 0 Å². The first-order valence-electron chi connectivity index (χ1n) is 5.41. The van der Waals surface area contributed by atoms with Crippen molar-refractivity contribution in [3.8, 4) is 0 Å². The predicted molar refractivity (Wildman–Crippen MR) is 87.1 cm³/mol. The second kappa shape index (κ2) is 5.81. The summed E-state index contributed by atoms with van der Waals surface area (Å²) in [6.07, 6.45) is 0. The van der Waals surface area contributed by atoms with E-state index < -0.39 is 0 Å². The van der Waals surface area contributed by atoms with Gasteiger partial charge in [-0.25, -0.2) is 0 Å². The van der Waals surface area contributed by atoms with Crippen LogP contribution in [0.2, 0.25) is 0 Å². The predicted octanol–water partition coefficient (Wildman–Crippen LogP) is 3.42. The van der Waals surface area contributed by atoms with E-state index in [0.717, 1.165) is 15.7 Å². The number of hydrogen-bond acceptors (Lipinski definition) is 3. The van der Waals surface area contributed by atoms with Gasteiger partial charge in [-0.2, -0.15) is 0 Å². The maximum Gasteiger partial charge on any atom is 0.269 e. The van der Waals surface area contributed by atoms with Gasteiger partial charge >= 0.3 is 0 Å². The highest BCUT2D eigenvalue weighted by Crippen LogP contribution is 2.26. The Morgan fingerprint density at radius 2 is 1.95 bits per heavy atom. The van der Waals surface area contributed by atoms with Gasteiger partial charge in [-0.05, 0) is 51.6 Å². The lowest BCUT2D eigenvalue weighted by molar-refractivity contribution is 0.0996. The molecule has 0 saturated carbocycles. The van der Waals surface area contributed by atoms with E-state index in [-0.39, 0.29) is 5.91 Å². The van der Waals surface area contributed by atoms with Gasteiger partial charge < -0.3 is 10.6 Å². The molecule has 0 unspecified atom stereocenters. The van der Waals surface area contributed by atoms with Crippen molar-refractivity contribution in [2.24, 2.45) is 5.73 Å². The fraction of sp³-hybridized carbons (Fsp3) is 0.0769. The summed E-state index contributed by atoms with van der Waals surface area (Å²) in [6.45, 7) is 0. The van der Waals surface area contributed by atoms with E-state index in [1.54, 1.807) is 11.9 Å². The molecule has 0 spiro atoms. The van der Waals surface area contributed by atoms with Crippen LogP contribution >= 0.6 is 39.5 Å². The molecule has 19 heavy (non-hydrogen) atoms. The van der Waals surface area contributed by atoms with Gasteiger partial charge in [0.1, 0.15) is 9.87 Å². The van der Waals surface area contributed by atoms with Crippen molar-refractivity contribution in [3.05, 3.63) is 50.6 Å². The highest BCUT2D eigenvalue weighted by molar-refractivity contribution is 9.10.